The molecule has 0 spiro atoms. The molecule has 2 N–H and O–H groups in total. The van der Waals surface area contributed by atoms with Gasteiger partial charge in [0, 0.05) is 0 Å². The fraction of sp³-hybridized carbons (Fsp3) is 0. The van der Waals surface area contributed by atoms with Crippen LogP contribution < -0.4 is 0 Å². The average Bonchev–Trinajstić information content (AvgIpc) is 1.46. The van der Waals surface area contributed by atoms with E-state index in [0.29, 0.717) is 0 Å². The Morgan fingerprint density at radius 2 is 1.29 bits per heavy atom. The SMILES string of the molecule is O.[H-].[H-].[Mg+2].[O]=[Ti]=[O].[O]=[Zn]. The molecule has 7 heteroatoms. The summed E-state index contributed by atoms with van der Waals surface area (Å²) in [5, 5.41) is 0. The molecule has 0 aliphatic rings. The minimum atomic E-state index is -2.00. The molecule has 0 atom stereocenters. The number of hydrogen-bond acceptors (Lipinski definition) is 3. The second-order valence-corrected chi connectivity index (χ2v) is 0.344. The number of rotatable bonds is 0. The van der Waals surface area contributed by atoms with Gasteiger partial charge in [-0.3, -0.25) is 0 Å². The van der Waals surface area contributed by atoms with Crippen molar-refractivity contribution >= 4 is 23.1 Å². The second kappa shape index (κ2) is 51.4. The van der Waals surface area contributed by atoms with Crippen LogP contribution in [0.4, 0.5) is 0 Å². The molecule has 0 saturated carbocycles. The summed E-state index contributed by atoms with van der Waals surface area (Å²) in [6.07, 6.45) is 0. The predicted octanol–water partition coefficient (Wildman–Crippen LogP) is -1.34. The molecule has 0 bridgehead atoms. The zero-order valence-corrected chi connectivity index (χ0v) is 9.58. The third-order valence-electron chi connectivity index (χ3n) is 0. The first kappa shape index (κ1) is 23.7. The maximum absolute atomic E-state index is 8.50. The molecule has 0 aromatic rings. The van der Waals surface area contributed by atoms with E-state index in [4.69, 9.17) is 10.2 Å². The van der Waals surface area contributed by atoms with Gasteiger partial charge in [0.1, 0.15) is 0 Å². The molecule has 0 amide bonds. The van der Waals surface area contributed by atoms with Gasteiger partial charge in [0.2, 0.25) is 0 Å². The summed E-state index contributed by atoms with van der Waals surface area (Å²) in [5.74, 6) is 0. The molecule has 0 fully saturated rings. The maximum atomic E-state index is 8.50. The molecule has 0 aromatic heterocycles. The third kappa shape index (κ3) is 104. The first-order chi connectivity index (χ1) is 2.41. The zero-order valence-electron chi connectivity index (χ0n) is 5.64. The van der Waals surface area contributed by atoms with Gasteiger partial charge in [0.25, 0.3) is 0 Å². The van der Waals surface area contributed by atoms with E-state index in [1.54, 1.807) is 0 Å². The molecule has 0 saturated heterocycles. The van der Waals surface area contributed by atoms with Crippen molar-refractivity contribution in [1.29, 1.82) is 0 Å². The van der Waals surface area contributed by atoms with Crippen LogP contribution in [-0.2, 0) is 47.6 Å². The Balaban J connectivity index is -0.00000000357. The van der Waals surface area contributed by atoms with Gasteiger partial charge in [-0.1, -0.05) is 0 Å². The van der Waals surface area contributed by atoms with Gasteiger partial charge in [-0.25, -0.2) is 0 Å². The molecule has 4 nitrogen and oxygen atoms in total. The van der Waals surface area contributed by atoms with E-state index >= 15 is 0 Å². The van der Waals surface area contributed by atoms with Gasteiger partial charge >= 0.3 is 70.6 Å². The van der Waals surface area contributed by atoms with Crippen LogP contribution in [0.1, 0.15) is 2.85 Å². The van der Waals surface area contributed by atoms with Crippen LogP contribution in [0, 0.1) is 0 Å². The van der Waals surface area contributed by atoms with Gasteiger partial charge < -0.3 is 8.33 Å². The van der Waals surface area contributed by atoms with E-state index < -0.39 is 19.1 Å². The van der Waals surface area contributed by atoms with Gasteiger partial charge in [0.05, 0.1) is 0 Å². The molecule has 0 aliphatic heterocycles. The molecule has 0 unspecified atom stereocenters. The first-order valence-corrected chi connectivity index (χ1v) is 3.18. The van der Waals surface area contributed by atoms with Crippen LogP contribution in [0.15, 0.2) is 0 Å². The molecule has 0 aliphatic carbocycles. The van der Waals surface area contributed by atoms with E-state index in [1.165, 1.54) is 0 Å². The summed E-state index contributed by atoms with van der Waals surface area (Å²) in [5.41, 5.74) is 0. The Morgan fingerprint density at radius 3 is 1.29 bits per heavy atom. The van der Waals surface area contributed by atoms with Crippen molar-refractivity contribution in [2.24, 2.45) is 0 Å². The molecule has 7 heavy (non-hydrogen) atoms. The first-order valence-electron chi connectivity index (χ1n) is 0.697. The van der Waals surface area contributed by atoms with Crippen LogP contribution in [-0.4, -0.2) is 28.5 Å². The van der Waals surface area contributed by atoms with Crippen LogP contribution >= 0.6 is 0 Å². The normalized spacial score (nSPS) is 2.00. The number of hydrogen-bond donors (Lipinski definition) is 0. The van der Waals surface area contributed by atoms with Gasteiger partial charge in [-0.2, -0.15) is 0 Å². The Hall–Kier alpha value is 1.46. The van der Waals surface area contributed by atoms with Crippen molar-refractivity contribution < 1.29 is 55.9 Å². The summed E-state index contributed by atoms with van der Waals surface area (Å²) in [6, 6.07) is 0. The summed E-state index contributed by atoms with van der Waals surface area (Å²) >= 11 is -1.88. The molecule has 0 rings (SSSR count). The van der Waals surface area contributed by atoms with Crippen molar-refractivity contribution in [3.05, 3.63) is 0 Å². The zero-order chi connectivity index (χ0) is 4.71. The fourth-order valence-corrected chi connectivity index (χ4v) is 0. The molecule has 36 valence electrons. The van der Waals surface area contributed by atoms with Crippen LogP contribution in [0.5, 0.6) is 0 Å². The average molecular weight is 206 g/mol. The second-order valence-electron chi connectivity index (χ2n) is 0.0833. The van der Waals surface area contributed by atoms with Crippen molar-refractivity contribution in [3.63, 3.8) is 0 Å². The van der Waals surface area contributed by atoms with Crippen LogP contribution in [0.25, 0.3) is 0 Å². The van der Waals surface area contributed by atoms with E-state index in [1.807, 2.05) is 0 Å². The van der Waals surface area contributed by atoms with Gasteiger partial charge in [-0.05, 0) is 0 Å². The van der Waals surface area contributed by atoms with Crippen molar-refractivity contribution in [2.75, 3.05) is 0 Å². The molecule has 0 heterocycles. The van der Waals surface area contributed by atoms with E-state index in [-0.39, 0.29) is 49.6 Å². The topological polar surface area (TPSA) is 82.7 Å². The van der Waals surface area contributed by atoms with Gasteiger partial charge in [0.15, 0.2) is 0 Å². The van der Waals surface area contributed by atoms with Crippen molar-refractivity contribution in [1.82, 2.24) is 0 Å². The summed E-state index contributed by atoms with van der Waals surface area (Å²) in [7, 11) is 0. The summed E-state index contributed by atoms with van der Waals surface area (Å²) in [4.78, 5) is 0. The molecule has 0 aromatic carbocycles. The summed E-state index contributed by atoms with van der Waals surface area (Å²) in [6.45, 7) is 0. The minimum absolute atomic E-state index is 0. The molecular formula is H4MgO4TiZn. The van der Waals surface area contributed by atoms with Gasteiger partial charge in [-0.15, -0.1) is 0 Å². The van der Waals surface area contributed by atoms with E-state index in [0.717, 1.165) is 0 Å². The van der Waals surface area contributed by atoms with Crippen molar-refractivity contribution in [3.8, 4) is 0 Å². The standard InChI is InChI=1S/Mg.H2O.3O.Ti.Zn.2H/h;1H2;;;;;;;/q+2;;;;;;;2*-1. The monoisotopic (exact) mass is 204 g/mol. The van der Waals surface area contributed by atoms with Crippen molar-refractivity contribution in [2.45, 2.75) is 0 Å². The Bertz CT molecular complexity index is 47.8. The Labute approximate surface area is 78.4 Å². The Morgan fingerprint density at radius 1 is 1.29 bits per heavy atom. The van der Waals surface area contributed by atoms with Crippen LogP contribution in [0.2, 0.25) is 0 Å². The van der Waals surface area contributed by atoms with E-state index in [2.05, 4.69) is 0 Å². The third-order valence-corrected chi connectivity index (χ3v) is 0. The quantitative estimate of drug-likeness (QED) is 0.459. The summed E-state index contributed by atoms with van der Waals surface area (Å²) < 4.78 is 25.4. The molecular weight excluding hydrogens is 202 g/mol. The Kier molecular flexibility index (Phi) is 174. The van der Waals surface area contributed by atoms with Crippen LogP contribution in [0.3, 0.4) is 0 Å². The fourth-order valence-electron chi connectivity index (χ4n) is 0. The molecule has 0 radical (unpaired) electrons. The predicted molar refractivity (Wildman–Crippen MR) is 13.7 cm³/mol. The van der Waals surface area contributed by atoms with E-state index in [9.17, 15) is 0 Å².